The quantitative estimate of drug-likeness (QED) is 0.651. The number of ether oxygens (including phenoxy) is 3. The number of carboxylic acids is 1. The van der Waals surface area contributed by atoms with Crippen LogP contribution >= 0.6 is 0 Å². The lowest BCUT2D eigenvalue weighted by Gasteiger charge is -2.18. The van der Waals surface area contributed by atoms with Gasteiger partial charge in [0.25, 0.3) is 5.91 Å². The van der Waals surface area contributed by atoms with Gasteiger partial charge in [-0.25, -0.2) is 0 Å². The van der Waals surface area contributed by atoms with Crippen molar-refractivity contribution in [2.75, 3.05) is 20.8 Å². The number of carboxylic acid groups (broad SMARTS) is 1. The number of para-hydroxylation sites is 1. The molecule has 0 aliphatic rings. The second-order valence-corrected chi connectivity index (χ2v) is 6.23. The SMILES string of the molecule is COc1ccc(OC(C)C(=O)NCC(Cc2ccccc2OC)C(=O)O)cc1. The van der Waals surface area contributed by atoms with Crippen LogP contribution in [-0.4, -0.2) is 43.9 Å². The first kappa shape index (κ1) is 21.1. The molecule has 2 N–H and O–H groups in total. The highest BCUT2D eigenvalue weighted by Gasteiger charge is 2.22. The fourth-order valence-electron chi connectivity index (χ4n) is 2.66. The molecule has 7 heteroatoms. The van der Waals surface area contributed by atoms with Crippen LogP contribution < -0.4 is 19.5 Å². The lowest BCUT2D eigenvalue weighted by Crippen LogP contribution is -2.41. The minimum absolute atomic E-state index is 0.0114. The van der Waals surface area contributed by atoms with E-state index in [9.17, 15) is 14.7 Å². The van der Waals surface area contributed by atoms with Crippen LogP contribution in [-0.2, 0) is 16.0 Å². The third-order valence-corrected chi connectivity index (χ3v) is 4.27. The van der Waals surface area contributed by atoms with Crippen LogP contribution in [0.2, 0.25) is 0 Å². The third-order valence-electron chi connectivity index (χ3n) is 4.27. The van der Waals surface area contributed by atoms with E-state index >= 15 is 0 Å². The Morgan fingerprint density at radius 2 is 1.64 bits per heavy atom. The maximum Gasteiger partial charge on any atom is 0.308 e. The molecular weight excluding hydrogens is 362 g/mol. The highest BCUT2D eigenvalue weighted by atomic mass is 16.5. The predicted octanol–water partition coefficient (Wildman–Crippen LogP) is 2.53. The zero-order valence-corrected chi connectivity index (χ0v) is 16.2. The van der Waals surface area contributed by atoms with Crippen molar-refractivity contribution in [2.24, 2.45) is 5.92 Å². The summed E-state index contributed by atoms with van der Waals surface area (Å²) in [4.78, 5) is 23.9. The van der Waals surface area contributed by atoms with Crippen molar-refractivity contribution in [1.82, 2.24) is 5.32 Å². The van der Waals surface area contributed by atoms with E-state index in [-0.39, 0.29) is 18.9 Å². The van der Waals surface area contributed by atoms with Crippen molar-refractivity contribution in [3.63, 3.8) is 0 Å². The zero-order chi connectivity index (χ0) is 20.5. The molecule has 0 aliphatic heterocycles. The molecule has 0 saturated carbocycles. The number of nitrogens with one attached hydrogen (secondary N) is 1. The number of amides is 1. The van der Waals surface area contributed by atoms with Crippen molar-refractivity contribution in [3.05, 3.63) is 54.1 Å². The van der Waals surface area contributed by atoms with Crippen molar-refractivity contribution in [2.45, 2.75) is 19.4 Å². The van der Waals surface area contributed by atoms with Gasteiger partial charge in [0.15, 0.2) is 6.10 Å². The van der Waals surface area contributed by atoms with Crippen LogP contribution in [0.3, 0.4) is 0 Å². The molecule has 0 spiro atoms. The minimum Gasteiger partial charge on any atom is -0.497 e. The number of benzene rings is 2. The number of rotatable bonds is 10. The molecule has 150 valence electrons. The van der Waals surface area contributed by atoms with Gasteiger partial charge in [-0.2, -0.15) is 0 Å². The normalized spacial score (nSPS) is 12.5. The molecule has 0 heterocycles. The van der Waals surface area contributed by atoms with Gasteiger partial charge in [0, 0.05) is 6.54 Å². The van der Waals surface area contributed by atoms with Gasteiger partial charge in [-0.3, -0.25) is 9.59 Å². The van der Waals surface area contributed by atoms with Crippen molar-refractivity contribution in [1.29, 1.82) is 0 Å². The number of hydrogen-bond donors (Lipinski definition) is 2. The average molecular weight is 387 g/mol. The summed E-state index contributed by atoms with van der Waals surface area (Å²) in [5.41, 5.74) is 0.772. The monoisotopic (exact) mass is 387 g/mol. The summed E-state index contributed by atoms with van der Waals surface area (Å²) in [5.74, 6) is -0.334. The van der Waals surface area contributed by atoms with Gasteiger partial charge in [-0.1, -0.05) is 18.2 Å². The highest BCUT2D eigenvalue weighted by molar-refractivity contribution is 5.81. The molecule has 2 atom stereocenters. The minimum atomic E-state index is -0.991. The largest absolute Gasteiger partial charge is 0.497 e. The summed E-state index contributed by atoms with van der Waals surface area (Å²) in [6, 6.07) is 14.1. The Labute approximate surface area is 164 Å². The molecule has 0 radical (unpaired) electrons. The van der Waals surface area contributed by atoms with Crippen LogP contribution in [0.5, 0.6) is 17.2 Å². The predicted molar refractivity (Wildman–Crippen MR) is 104 cm³/mol. The fraction of sp³-hybridized carbons (Fsp3) is 0.333. The molecule has 28 heavy (non-hydrogen) atoms. The lowest BCUT2D eigenvalue weighted by molar-refractivity contribution is -0.141. The summed E-state index contributed by atoms with van der Waals surface area (Å²) < 4.78 is 15.9. The maximum atomic E-state index is 12.3. The van der Waals surface area contributed by atoms with Gasteiger partial charge in [-0.15, -0.1) is 0 Å². The fourth-order valence-corrected chi connectivity index (χ4v) is 2.66. The number of methoxy groups -OCH3 is 2. The highest BCUT2D eigenvalue weighted by Crippen LogP contribution is 2.21. The van der Waals surface area contributed by atoms with E-state index in [0.29, 0.717) is 17.2 Å². The van der Waals surface area contributed by atoms with E-state index < -0.39 is 18.0 Å². The van der Waals surface area contributed by atoms with E-state index in [1.165, 1.54) is 7.11 Å². The van der Waals surface area contributed by atoms with E-state index in [0.717, 1.165) is 5.56 Å². The van der Waals surface area contributed by atoms with Gasteiger partial charge in [0.1, 0.15) is 17.2 Å². The van der Waals surface area contributed by atoms with Crippen molar-refractivity contribution >= 4 is 11.9 Å². The van der Waals surface area contributed by atoms with Gasteiger partial charge in [0.2, 0.25) is 0 Å². The Kier molecular flexibility index (Phi) is 7.68. The summed E-state index contributed by atoms with van der Waals surface area (Å²) in [7, 11) is 3.10. The summed E-state index contributed by atoms with van der Waals surface area (Å²) in [6.07, 6.45) is -0.526. The molecular formula is C21H25NO6. The molecule has 0 aliphatic carbocycles. The maximum absolute atomic E-state index is 12.3. The molecule has 0 bridgehead atoms. The first-order valence-corrected chi connectivity index (χ1v) is 8.87. The van der Waals surface area contributed by atoms with E-state index in [1.807, 2.05) is 18.2 Å². The molecule has 0 saturated heterocycles. The molecule has 2 aromatic carbocycles. The van der Waals surface area contributed by atoms with E-state index in [4.69, 9.17) is 14.2 Å². The molecule has 1 amide bonds. The standard InChI is InChI=1S/C21H25NO6/c1-14(28-18-10-8-17(26-2)9-11-18)20(23)22-13-16(21(24)25)12-15-6-4-5-7-19(15)27-3/h4-11,14,16H,12-13H2,1-3H3,(H,22,23)(H,24,25). The Balaban J connectivity index is 1.92. The Bertz CT molecular complexity index is 790. The Hall–Kier alpha value is -3.22. The van der Waals surface area contributed by atoms with Gasteiger partial charge in [-0.05, 0) is 49.2 Å². The summed E-state index contributed by atoms with van der Waals surface area (Å²) >= 11 is 0. The van der Waals surface area contributed by atoms with E-state index in [2.05, 4.69) is 5.32 Å². The number of carbonyl (C=O) groups is 2. The average Bonchev–Trinajstić information content (AvgIpc) is 2.71. The van der Waals surface area contributed by atoms with Crippen LogP contribution in [0, 0.1) is 5.92 Å². The van der Waals surface area contributed by atoms with Crippen LogP contribution in [0.4, 0.5) is 0 Å². The molecule has 7 nitrogen and oxygen atoms in total. The second kappa shape index (κ2) is 10.2. The number of carbonyl (C=O) groups excluding carboxylic acids is 1. The van der Waals surface area contributed by atoms with Crippen molar-refractivity contribution < 1.29 is 28.9 Å². The molecule has 0 fully saturated rings. The molecule has 0 aromatic heterocycles. The number of aliphatic carboxylic acids is 1. The third kappa shape index (κ3) is 5.90. The van der Waals surface area contributed by atoms with E-state index in [1.54, 1.807) is 44.4 Å². The van der Waals surface area contributed by atoms with Gasteiger partial charge in [0.05, 0.1) is 20.1 Å². The smallest absolute Gasteiger partial charge is 0.308 e. The lowest BCUT2D eigenvalue weighted by atomic mass is 9.98. The first-order chi connectivity index (χ1) is 13.4. The second-order valence-electron chi connectivity index (χ2n) is 6.23. The summed E-state index contributed by atoms with van der Waals surface area (Å²) in [6.45, 7) is 1.60. The molecule has 2 rings (SSSR count). The molecule has 2 aromatic rings. The van der Waals surface area contributed by atoms with Crippen molar-refractivity contribution in [3.8, 4) is 17.2 Å². The van der Waals surface area contributed by atoms with Gasteiger partial charge >= 0.3 is 5.97 Å². The first-order valence-electron chi connectivity index (χ1n) is 8.87. The van der Waals surface area contributed by atoms with Gasteiger partial charge < -0.3 is 24.6 Å². The Morgan fingerprint density at radius 3 is 2.25 bits per heavy atom. The Morgan fingerprint density at radius 1 is 1.00 bits per heavy atom. The van der Waals surface area contributed by atoms with Crippen LogP contribution in [0.25, 0.3) is 0 Å². The topological polar surface area (TPSA) is 94.1 Å². The molecule has 2 unspecified atom stereocenters. The van der Waals surface area contributed by atoms with Crippen LogP contribution in [0.1, 0.15) is 12.5 Å². The zero-order valence-electron chi connectivity index (χ0n) is 16.2. The van der Waals surface area contributed by atoms with Crippen LogP contribution in [0.15, 0.2) is 48.5 Å². The number of hydrogen-bond acceptors (Lipinski definition) is 5. The summed E-state index contributed by atoms with van der Waals surface area (Å²) in [5, 5.41) is 12.2.